The number of nitrogens with zero attached hydrogens (tertiary/aromatic N) is 1. The number of hydrogen-bond acceptors (Lipinski definition) is 3. The predicted octanol–water partition coefficient (Wildman–Crippen LogP) is 1.84. The van der Waals surface area contributed by atoms with E-state index in [1.165, 1.54) is 0 Å². The van der Waals surface area contributed by atoms with Gasteiger partial charge >= 0.3 is 6.09 Å². The highest BCUT2D eigenvalue weighted by atomic mass is 16.9. The summed E-state index contributed by atoms with van der Waals surface area (Å²) in [6, 6.07) is 7.46. The standard InChI is InChI=1S/C9H9NO3/c1-7-3-2-4-8(5-7)10-9(11)12-6-13-10/h2-5H,6H2,1H3. The van der Waals surface area contributed by atoms with Gasteiger partial charge in [-0.3, -0.25) is 0 Å². The number of ether oxygens (including phenoxy) is 1. The molecule has 2 rings (SSSR count). The Balaban J connectivity index is 2.29. The Morgan fingerprint density at radius 3 is 2.92 bits per heavy atom. The molecule has 0 atom stereocenters. The fraction of sp³-hybridized carbons (Fsp3) is 0.222. The van der Waals surface area contributed by atoms with Gasteiger partial charge in [-0.1, -0.05) is 12.1 Å². The molecule has 0 aromatic heterocycles. The molecule has 4 nitrogen and oxygen atoms in total. The summed E-state index contributed by atoms with van der Waals surface area (Å²) in [6.07, 6.45) is -0.467. The summed E-state index contributed by atoms with van der Waals surface area (Å²) in [4.78, 5) is 16.0. The number of carbonyl (C=O) groups excluding carboxylic acids is 1. The zero-order chi connectivity index (χ0) is 9.26. The van der Waals surface area contributed by atoms with Crippen LogP contribution in [0.5, 0.6) is 0 Å². The van der Waals surface area contributed by atoms with E-state index in [9.17, 15) is 4.79 Å². The lowest BCUT2D eigenvalue weighted by molar-refractivity contribution is 0.0704. The molecule has 0 saturated carbocycles. The summed E-state index contributed by atoms with van der Waals surface area (Å²) in [7, 11) is 0. The fourth-order valence-electron chi connectivity index (χ4n) is 1.18. The van der Waals surface area contributed by atoms with Crippen molar-refractivity contribution in [3.8, 4) is 0 Å². The molecule has 1 aliphatic rings. The summed E-state index contributed by atoms with van der Waals surface area (Å²) < 4.78 is 4.62. The molecule has 1 aliphatic heterocycles. The van der Waals surface area contributed by atoms with E-state index < -0.39 is 6.09 Å². The number of amides is 1. The molecule has 0 bridgehead atoms. The minimum atomic E-state index is -0.467. The van der Waals surface area contributed by atoms with Crippen molar-refractivity contribution < 1.29 is 14.4 Å². The summed E-state index contributed by atoms with van der Waals surface area (Å²) >= 11 is 0. The molecule has 0 aliphatic carbocycles. The van der Waals surface area contributed by atoms with Crippen molar-refractivity contribution in [2.24, 2.45) is 0 Å². The van der Waals surface area contributed by atoms with E-state index in [1.807, 2.05) is 25.1 Å². The molecule has 68 valence electrons. The maximum Gasteiger partial charge on any atom is 0.441 e. The van der Waals surface area contributed by atoms with Gasteiger partial charge in [0, 0.05) is 0 Å². The van der Waals surface area contributed by atoms with Gasteiger partial charge < -0.3 is 4.74 Å². The molecule has 13 heavy (non-hydrogen) atoms. The third kappa shape index (κ3) is 1.48. The van der Waals surface area contributed by atoms with Crippen molar-refractivity contribution in [3.63, 3.8) is 0 Å². The quantitative estimate of drug-likeness (QED) is 0.660. The van der Waals surface area contributed by atoms with Gasteiger partial charge in [0.2, 0.25) is 6.79 Å². The molecule has 0 unspecified atom stereocenters. The monoisotopic (exact) mass is 179 g/mol. The maximum atomic E-state index is 11.1. The zero-order valence-corrected chi connectivity index (χ0v) is 7.19. The Morgan fingerprint density at radius 2 is 2.31 bits per heavy atom. The molecule has 1 fully saturated rings. The van der Waals surface area contributed by atoms with Crippen molar-refractivity contribution in [2.75, 3.05) is 11.9 Å². The second-order valence-electron chi connectivity index (χ2n) is 2.79. The van der Waals surface area contributed by atoms with Crippen LogP contribution >= 0.6 is 0 Å². The molecule has 4 heteroatoms. The van der Waals surface area contributed by atoms with Crippen molar-refractivity contribution in [3.05, 3.63) is 29.8 Å². The normalized spacial score (nSPS) is 16.1. The van der Waals surface area contributed by atoms with Crippen molar-refractivity contribution >= 4 is 11.8 Å². The topological polar surface area (TPSA) is 38.8 Å². The van der Waals surface area contributed by atoms with Gasteiger partial charge in [0.05, 0.1) is 5.69 Å². The van der Waals surface area contributed by atoms with Gasteiger partial charge in [-0.05, 0) is 24.6 Å². The molecule has 1 aromatic rings. The molecule has 1 aromatic carbocycles. The van der Waals surface area contributed by atoms with Crippen LogP contribution in [0.15, 0.2) is 24.3 Å². The maximum absolute atomic E-state index is 11.1. The van der Waals surface area contributed by atoms with Crippen LogP contribution in [0.2, 0.25) is 0 Å². The van der Waals surface area contributed by atoms with E-state index in [0.717, 1.165) is 10.6 Å². The first kappa shape index (κ1) is 8.07. The Labute approximate surface area is 75.6 Å². The molecule has 1 amide bonds. The van der Waals surface area contributed by atoms with Gasteiger partial charge in [0.15, 0.2) is 0 Å². The number of cyclic esters (lactones) is 1. The summed E-state index contributed by atoms with van der Waals surface area (Å²) in [6.45, 7) is 1.94. The lowest BCUT2D eigenvalue weighted by Crippen LogP contribution is -2.21. The van der Waals surface area contributed by atoms with E-state index in [-0.39, 0.29) is 6.79 Å². The summed E-state index contributed by atoms with van der Waals surface area (Å²) in [5, 5.41) is 1.15. The number of rotatable bonds is 1. The van der Waals surface area contributed by atoms with E-state index in [1.54, 1.807) is 6.07 Å². The summed E-state index contributed by atoms with van der Waals surface area (Å²) in [5.74, 6) is 0. The Hall–Kier alpha value is -1.55. The van der Waals surface area contributed by atoms with Gasteiger partial charge in [-0.2, -0.15) is 0 Å². The van der Waals surface area contributed by atoms with E-state index in [4.69, 9.17) is 4.84 Å². The smallest absolute Gasteiger partial charge is 0.418 e. The first-order valence-electron chi connectivity index (χ1n) is 3.94. The van der Waals surface area contributed by atoms with Crippen LogP contribution in [-0.4, -0.2) is 12.9 Å². The van der Waals surface area contributed by atoms with Gasteiger partial charge in [-0.25, -0.2) is 9.63 Å². The van der Waals surface area contributed by atoms with Gasteiger partial charge in [0.1, 0.15) is 0 Å². The molecule has 1 saturated heterocycles. The third-order valence-electron chi connectivity index (χ3n) is 1.77. The number of hydroxylamine groups is 1. The lowest BCUT2D eigenvalue weighted by atomic mass is 10.2. The Morgan fingerprint density at radius 1 is 1.46 bits per heavy atom. The zero-order valence-electron chi connectivity index (χ0n) is 7.19. The largest absolute Gasteiger partial charge is 0.441 e. The Kier molecular flexibility index (Phi) is 1.90. The fourth-order valence-corrected chi connectivity index (χ4v) is 1.18. The second-order valence-corrected chi connectivity index (χ2v) is 2.79. The van der Waals surface area contributed by atoms with Crippen LogP contribution < -0.4 is 5.06 Å². The van der Waals surface area contributed by atoms with Crippen molar-refractivity contribution in [1.29, 1.82) is 0 Å². The van der Waals surface area contributed by atoms with E-state index in [0.29, 0.717) is 5.69 Å². The van der Waals surface area contributed by atoms with Crippen molar-refractivity contribution in [1.82, 2.24) is 0 Å². The highest BCUT2D eigenvalue weighted by molar-refractivity contribution is 5.86. The third-order valence-corrected chi connectivity index (χ3v) is 1.77. The van der Waals surface area contributed by atoms with E-state index in [2.05, 4.69) is 4.74 Å². The van der Waals surface area contributed by atoms with Crippen LogP contribution in [0.25, 0.3) is 0 Å². The van der Waals surface area contributed by atoms with E-state index >= 15 is 0 Å². The number of benzene rings is 1. The lowest BCUT2D eigenvalue weighted by Gasteiger charge is -2.10. The van der Waals surface area contributed by atoms with Gasteiger partial charge in [0.25, 0.3) is 0 Å². The van der Waals surface area contributed by atoms with Crippen LogP contribution in [0.3, 0.4) is 0 Å². The molecular weight excluding hydrogens is 170 g/mol. The van der Waals surface area contributed by atoms with Crippen LogP contribution in [0.4, 0.5) is 10.5 Å². The highest BCUT2D eigenvalue weighted by Crippen LogP contribution is 2.20. The molecule has 0 spiro atoms. The number of hydrogen-bond donors (Lipinski definition) is 0. The van der Waals surface area contributed by atoms with Crippen LogP contribution in [0, 0.1) is 6.92 Å². The summed E-state index contributed by atoms with van der Waals surface area (Å²) in [5.41, 5.74) is 1.77. The number of carbonyl (C=O) groups is 1. The minimum Gasteiger partial charge on any atom is -0.418 e. The number of aryl methyl sites for hydroxylation is 1. The first-order valence-corrected chi connectivity index (χ1v) is 3.94. The van der Waals surface area contributed by atoms with Crippen LogP contribution in [-0.2, 0) is 9.57 Å². The average Bonchev–Trinajstić information content (AvgIpc) is 2.51. The van der Waals surface area contributed by atoms with Crippen molar-refractivity contribution in [2.45, 2.75) is 6.92 Å². The second kappa shape index (κ2) is 3.06. The first-order chi connectivity index (χ1) is 6.27. The molecule has 0 radical (unpaired) electrons. The number of anilines is 1. The molecule has 0 N–H and O–H groups in total. The SMILES string of the molecule is Cc1cccc(N2OCOC2=O)c1. The van der Waals surface area contributed by atoms with Crippen LogP contribution in [0.1, 0.15) is 5.56 Å². The predicted molar refractivity (Wildman–Crippen MR) is 46.1 cm³/mol. The minimum absolute atomic E-state index is 0.00717. The highest BCUT2D eigenvalue weighted by Gasteiger charge is 2.24. The van der Waals surface area contributed by atoms with Gasteiger partial charge in [-0.15, -0.1) is 5.06 Å². The Bertz CT molecular complexity index is 337. The molecular formula is C9H9NO3. The molecule has 1 heterocycles. The average molecular weight is 179 g/mol.